The van der Waals surface area contributed by atoms with Crippen molar-refractivity contribution in [2.45, 2.75) is 13.5 Å². The number of piperazine rings is 1. The molecule has 0 aliphatic carbocycles. The maximum absolute atomic E-state index is 12.2. The molecule has 1 aromatic rings. The molecule has 1 fully saturated rings. The molecular formula is C13H19BrN4O2. The fourth-order valence-electron chi connectivity index (χ4n) is 2.16. The van der Waals surface area contributed by atoms with Gasteiger partial charge in [0.15, 0.2) is 0 Å². The van der Waals surface area contributed by atoms with Gasteiger partial charge in [-0.15, -0.1) is 0 Å². The van der Waals surface area contributed by atoms with Gasteiger partial charge in [0, 0.05) is 32.4 Å². The van der Waals surface area contributed by atoms with E-state index in [1.54, 1.807) is 11.8 Å². The molecule has 20 heavy (non-hydrogen) atoms. The Morgan fingerprint density at radius 3 is 2.55 bits per heavy atom. The molecule has 0 saturated carbocycles. The predicted octanol–water partition coefficient (Wildman–Crippen LogP) is 0.275. The molecule has 110 valence electrons. The molecule has 0 atom stereocenters. The lowest BCUT2D eigenvalue weighted by atomic mass is 10.2. The van der Waals surface area contributed by atoms with Crippen LogP contribution in [0, 0.1) is 6.92 Å². The fraction of sp³-hybridized carbons (Fsp3) is 0.538. The van der Waals surface area contributed by atoms with Crippen molar-refractivity contribution in [3.8, 4) is 0 Å². The molecule has 2 N–H and O–H groups in total. The van der Waals surface area contributed by atoms with Crippen molar-refractivity contribution in [2.75, 3.05) is 39.0 Å². The molecule has 0 unspecified atom stereocenters. The number of hydrogen-bond donors (Lipinski definition) is 1. The zero-order chi connectivity index (χ0) is 14.9. The summed E-state index contributed by atoms with van der Waals surface area (Å²) in [6.07, 6.45) is 1.54. The minimum absolute atomic E-state index is 0.0334. The summed E-state index contributed by atoms with van der Waals surface area (Å²) >= 11 is 3.23. The van der Waals surface area contributed by atoms with Crippen molar-refractivity contribution >= 4 is 27.5 Å². The third kappa shape index (κ3) is 3.04. The fourth-order valence-corrected chi connectivity index (χ4v) is 2.61. The molecule has 1 aliphatic rings. The highest BCUT2D eigenvalue weighted by atomic mass is 79.9. The van der Waals surface area contributed by atoms with E-state index in [1.165, 1.54) is 10.8 Å². The van der Waals surface area contributed by atoms with Gasteiger partial charge in [-0.3, -0.25) is 9.59 Å². The van der Waals surface area contributed by atoms with E-state index in [0.717, 1.165) is 13.1 Å². The summed E-state index contributed by atoms with van der Waals surface area (Å²) in [7, 11) is 2.03. The Morgan fingerprint density at radius 2 is 1.95 bits per heavy atom. The lowest BCUT2D eigenvalue weighted by Crippen LogP contribution is -2.48. The number of nitrogen functional groups attached to an aromatic ring is 1. The topological polar surface area (TPSA) is 71.6 Å². The molecule has 1 aliphatic heterocycles. The largest absolute Gasteiger partial charge is 0.397 e. The van der Waals surface area contributed by atoms with Crippen molar-refractivity contribution in [3.05, 3.63) is 26.6 Å². The van der Waals surface area contributed by atoms with E-state index in [9.17, 15) is 9.59 Å². The molecule has 1 aromatic heterocycles. The number of nitrogens with two attached hydrogens (primary N) is 1. The Balaban J connectivity index is 2.14. The third-order valence-corrected chi connectivity index (χ3v) is 4.60. The monoisotopic (exact) mass is 342 g/mol. The van der Waals surface area contributed by atoms with Crippen molar-refractivity contribution < 1.29 is 4.79 Å². The van der Waals surface area contributed by atoms with Gasteiger partial charge in [-0.05, 0) is 35.5 Å². The van der Waals surface area contributed by atoms with Gasteiger partial charge in [0.1, 0.15) is 6.54 Å². The van der Waals surface area contributed by atoms with E-state index in [0.29, 0.717) is 28.8 Å². The van der Waals surface area contributed by atoms with Gasteiger partial charge < -0.3 is 20.1 Å². The molecule has 2 rings (SSSR count). The number of carbonyl (C=O) groups excluding carboxylic acids is 1. The second-order valence-corrected chi connectivity index (χ2v) is 5.93. The van der Waals surface area contributed by atoms with Crippen molar-refractivity contribution in [1.29, 1.82) is 0 Å². The van der Waals surface area contributed by atoms with Gasteiger partial charge in [-0.2, -0.15) is 0 Å². The van der Waals surface area contributed by atoms with Crippen LogP contribution < -0.4 is 11.3 Å². The number of carbonyl (C=O) groups is 1. The van der Waals surface area contributed by atoms with Gasteiger partial charge in [-0.1, -0.05) is 0 Å². The Morgan fingerprint density at radius 1 is 1.35 bits per heavy atom. The first-order chi connectivity index (χ1) is 9.40. The Kier molecular flexibility index (Phi) is 4.49. The predicted molar refractivity (Wildman–Crippen MR) is 81.6 cm³/mol. The van der Waals surface area contributed by atoms with E-state index in [4.69, 9.17) is 5.73 Å². The van der Waals surface area contributed by atoms with E-state index in [-0.39, 0.29) is 18.0 Å². The Labute approximate surface area is 126 Å². The zero-order valence-electron chi connectivity index (χ0n) is 11.7. The first kappa shape index (κ1) is 15.1. The van der Waals surface area contributed by atoms with Gasteiger partial charge >= 0.3 is 0 Å². The van der Waals surface area contributed by atoms with Crippen LogP contribution in [0.15, 0.2) is 15.5 Å². The van der Waals surface area contributed by atoms with Crippen LogP contribution in [0.2, 0.25) is 0 Å². The van der Waals surface area contributed by atoms with E-state index >= 15 is 0 Å². The van der Waals surface area contributed by atoms with Crippen LogP contribution in [0.3, 0.4) is 0 Å². The average Bonchev–Trinajstić information content (AvgIpc) is 2.43. The molecule has 1 amide bonds. The molecule has 0 spiro atoms. The molecule has 7 heteroatoms. The highest BCUT2D eigenvalue weighted by Crippen LogP contribution is 2.17. The number of rotatable bonds is 2. The molecule has 6 nitrogen and oxygen atoms in total. The average molecular weight is 343 g/mol. The minimum atomic E-state index is -0.223. The van der Waals surface area contributed by atoms with Crippen LogP contribution in [-0.2, 0) is 11.3 Å². The molecule has 0 bridgehead atoms. The first-order valence-corrected chi connectivity index (χ1v) is 7.30. The van der Waals surface area contributed by atoms with Crippen molar-refractivity contribution in [2.24, 2.45) is 0 Å². The zero-order valence-corrected chi connectivity index (χ0v) is 13.3. The quantitative estimate of drug-likeness (QED) is 0.837. The van der Waals surface area contributed by atoms with Crippen LogP contribution in [0.1, 0.15) is 5.56 Å². The summed E-state index contributed by atoms with van der Waals surface area (Å²) in [5, 5.41) is 0. The van der Waals surface area contributed by atoms with E-state index in [1.807, 2.05) is 7.05 Å². The molecule has 1 saturated heterocycles. The lowest BCUT2D eigenvalue weighted by Gasteiger charge is -2.32. The van der Waals surface area contributed by atoms with E-state index in [2.05, 4.69) is 20.8 Å². The summed E-state index contributed by atoms with van der Waals surface area (Å²) < 4.78 is 1.79. The summed E-state index contributed by atoms with van der Waals surface area (Å²) in [4.78, 5) is 28.3. The summed E-state index contributed by atoms with van der Waals surface area (Å²) in [5.74, 6) is -0.0460. The summed E-state index contributed by atoms with van der Waals surface area (Å²) in [5.41, 5.74) is 6.83. The maximum Gasteiger partial charge on any atom is 0.265 e. The second-order valence-electron chi connectivity index (χ2n) is 5.14. The normalized spacial score (nSPS) is 16.4. The van der Waals surface area contributed by atoms with Crippen LogP contribution in [0.5, 0.6) is 0 Å². The van der Waals surface area contributed by atoms with Crippen LogP contribution in [0.25, 0.3) is 0 Å². The van der Waals surface area contributed by atoms with Gasteiger partial charge in [0.05, 0.1) is 10.2 Å². The van der Waals surface area contributed by atoms with Gasteiger partial charge in [-0.25, -0.2) is 0 Å². The van der Waals surface area contributed by atoms with Gasteiger partial charge in [0.25, 0.3) is 5.56 Å². The SMILES string of the molecule is Cc1c(N)cn(CC(=O)N2CCN(C)CC2)c(=O)c1Br. The van der Waals surface area contributed by atoms with Crippen LogP contribution in [-0.4, -0.2) is 53.5 Å². The van der Waals surface area contributed by atoms with E-state index < -0.39 is 0 Å². The van der Waals surface area contributed by atoms with Crippen molar-refractivity contribution in [1.82, 2.24) is 14.4 Å². The number of anilines is 1. The van der Waals surface area contributed by atoms with Gasteiger partial charge in [0.2, 0.25) is 5.91 Å². The number of aromatic nitrogens is 1. The number of nitrogens with zero attached hydrogens (tertiary/aromatic N) is 3. The molecule has 0 aromatic carbocycles. The highest BCUT2D eigenvalue weighted by Gasteiger charge is 2.20. The highest BCUT2D eigenvalue weighted by molar-refractivity contribution is 9.10. The number of halogens is 1. The third-order valence-electron chi connectivity index (χ3n) is 3.67. The molecular weight excluding hydrogens is 324 g/mol. The second kappa shape index (κ2) is 5.97. The van der Waals surface area contributed by atoms with Crippen LogP contribution in [0.4, 0.5) is 5.69 Å². The lowest BCUT2D eigenvalue weighted by molar-refractivity contribution is -0.133. The number of likely N-dealkylation sites (N-methyl/N-ethyl adjacent to an activating group) is 1. The number of hydrogen-bond acceptors (Lipinski definition) is 4. The van der Waals surface area contributed by atoms with Crippen molar-refractivity contribution in [3.63, 3.8) is 0 Å². The Bertz CT molecular complexity index is 576. The number of pyridine rings is 1. The standard InChI is InChI=1S/C13H19BrN4O2/c1-9-10(15)7-18(13(20)12(9)14)8-11(19)17-5-3-16(2)4-6-17/h7H,3-6,8,15H2,1-2H3. The Hall–Kier alpha value is -1.34. The summed E-state index contributed by atoms with van der Waals surface area (Å²) in [6.45, 7) is 4.93. The maximum atomic E-state index is 12.2. The number of amides is 1. The summed E-state index contributed by atoms with van der Waals surface area (Å²) in [6, 6.07) is 0. The smallest absolute Gasteiger partial charge is 0.265 e. The first-order valence-electron chi connectivity index (χ1n) is 6.51. The minimum Gasteiger partial charge on any atom is -0.397 e. The molecule has 0 radical (unpaired) electrons. The van der Waals surface area contributed by atoms with Crippen LogP contribution >= 0.6 is 15.9 Å². The molecule has 2 heterocycles.